The minimum Gasteiger partial charge on any atom is -0.368 e. The second kappa shape index (κ2) is 7.49. The Bertz CT molecular complexity index is 865. The van der Waals surface area contributed by atoms with Crippen LogP contribution >= 0.6 is 0 Å². The lowest BCUT2D eigenvalue weighted by Crippen LogP contribution is -2.18. The zero-order valence-corrected chi connectivity index (χ0v) is 14.9. The molecule has 2 heterocycles. The van der Waals surface area contributed by atoms with Gasteiger partial charge >= 0.3 is 0 Å². The van der Waals surface area contributed by atoms with E-state index in [0.717, 1.165) is 0 Å². The highest BCUT2D eigenvalue weighted by molar-refractivity contribution is 5.91. The zero-order valence-electron chi connectivity index (χ0n) is 14.9. The maximum absolute atomic E-state index is 12.0. The van der Waals surface area contributed by atoms with E-state index < -0.39 is 0 Å². The van der Waals surface area contributed by atoms with Gasteiger partial charge in [-0.3, -0.25) is 4.79 Å². The number of nitrogens with zero attached hydrogens (tertiary/aromatic N) is 3. The molecule has 0 unspecified atom stereocenters. The number of carbonyl (C=O) groups is 1. The topological polar surface area (TPSA) is 103 Å². The van der Waals surface area contributed by atoms with E-state index in [1.807, 2.05) is 39.0 Å². The van der Waals surface area contributed by atoms with Gasteiger partial charge in [0.05, 0.1) is 12.0 Å². The van der Waals surface area contributed by atoms with E-state index in [-0.39, 0.29) is 36.3 Å². The van der Waals surface area contributed by atoms with Crippen LogP contribution in [0.1, 0.15) is 32.4 Å². The third-order valence-electron chi connectivity index (χ3n) is 3.27. The first-order valence-corrected chi connectivity index (χ1v) is 8.16. The zero-order chi connectivity index (χ0) is 18.6. The molecule has 0 radical (unpaired) electrons. The van der Waals surface area contributed by atoms with E-state index in [1.54, 1.807) is 18.2 Å². The second-order valence-corrected chi connectivity index (χ2v) is 6.69. The van der Waals surface area contributed by atoms with E-state index in [4.69, 9.17) is 13.8 Å². The minimum atomic E-state index is -0.281. The molecule has 0 fully saturated rings. The van der Waals surface area contributed by atoms with Crippen LogP contribution < -0.4 is 5.32 Å². The van der Waals surface area contributed by atoms with E-state index in [1.165, 1.54) is 0 Å². The van der Waals surface area contributed by atoms with E-state index in [9.17, 15) is 4.79 Å². The van der Waals surface area contributed by atoms with E-state index in [0.29, 0.717) is 17.1 Å². The molecule has 0 aliphatic carbocycles. The molecule has 3 aromatic rings. The van der Waals surface area contributed by atoms with Gasteiger partial charge in [0.2, 0.25) is 5.91 Å². The van der Waals surface area contributed by atoms with Gasteiger partial charge in [-0.05, 0) is 32.9 Å². The number of aromatic nitrogens is 3. The van der Waals surface area contributed by atoms with Crippen LogP contribution in [-0.4, -0.2) is 26.8 Å². The third-order valence-corrected chi connectivity index (χ3v) is 3.27. The minimum absolute atomic E-state index is 0.00373. The number of ether oxygens (including phenoxy) is 1. The number of hydrogen-bond acceptors (Lipinski definition) is 7. The monoisotopic (exact) mass is 356 g/mol. The van der Waals surface area contributed by atoms with Gasteiger partial charge in [-0.2, -0.15) is 4.98 Å². The highest BCUT2D eigenvalue weighted by Crippen LogP contribution is 2.19. The molecule has 3 rings (SSSR count). The number of carbonyl (C=O) groups excluding carboxylic acids is 1. The Morgan fingerprint density at radius 1 is 1.15 bits per heavy atom. The smallest absolute Gasteiger partial charge is 0.280 e. The molecule has 0 spiro atoms. The highest BCUT2D eigenvalue weighted by Gasteiger charge is 2.17. The maximum atomic E-state index is 12.0. The van der Waals surface area contributed by atoms with Gasteiger partial charge in [0.15, 0.2) is 17.3 Å². The van der Waals surface area contributed by atoms with Crippen molar-refractivity contribution in [2.24, 2.45) is 0 Å². The number of para-hydroxylation sites is 1. The summed E-state index contributed by atoms with van der Waals surface area (Å²) < 4.78 is 16.0. The van der Waals surface area contributed by atoms with Gasteiger partial charge in [0, 0.05) is 11.8 Å². The Morgan fingerprint density at radius 3 is 2.65 bits per heavy atom. The molecule has 136 valence electrons. The average Bonchev–Trinajstić information content (AvgIpc) is 3.22. The molecule has 0 atom stereocenters. The lowest BCUT2D eigenvalue weighted by molar-refractivity contribution is -0.115. The van der Waals surface area contributed by atoms with Crippen LogP contribution in [0.5, 0.6) is 0 Å². The van der Waals surface area contributed by atoms with Crippen molar-refractivity contribution in [2.45, 2.75) is 39.4 Å². The molecule has 0 aliphatic heterocycles. The van der Waals surface area contributed by atoms with Crippen molar-refractivity contribution >= 4 is 11.6 Å². The van der Waals surface area contributed by atoms with Gasteiger partial charge in [0.1, 0.15) is 6.61 Å². The van der Waals surface area contributed by atoms with Gasteiger partial charge in [-0.15, -0.1) is 0 Å². The van der Waals surface area contributed by atoms with Crippen molar-refractivity contribution in [3.63, 3.8) is 0 Å². The second-order valence-electron chi connectivity index (χ2n) is 6.69. The van der Waals surface area contributed by atoms with Crippen molar-refractivity contribution in [2.75, 3.05) is 5.32 Å². The van der Waals surface area contributed by atoms with Gasteiger partial charge < -0.3 is 19.1 Å². The summed E-state index contributed by atoms with van der Waals surface area (Å²) in [5.74, 6) is 0.779. The van der Waals surface area contributed by atoms with Crippen LogP contribution in [0.2, 0.25) is 0 Å². The summed E-state index contributed by atoms with van der Waals surface area (Å²) in [6.45, 7) is 6.15. The summed E-state index contributed by atoms with van der Waals surface area (Å²) in [6, 6.07) is 10.8. The standard InChI is InChI=1S/C18H20N4O4/c1-18(2,3)24-11-13-9-14(21-25-13)17-20-15(22-26-17)10-16(23)19-12-7-5-4-6-8-12/h4-9H,10-11H2,1-3H3,(H,19,23). The molecular formula is C18H20N4O4. The molecule has 2 aromatic heterocycles. The number of anilines is 1. The van der Waals surface area contributed by atoms with Crippen LogP contribution in [0.4, 0.5) is 5.69 Å². The Labute approximate surface area is 150 Å². The molecule has 1 N–H and O–H groups in total. The van der Waals surface area contributed by atoms with Crippen LogP contribution in [0, 0.1) is 0 Å². The molecule has 0 aliphatic rings. The molecule has 8 nitrogen and oxygen atoms in total. The maximum Gasteiger partial charge on any atom is 0.280 e. The van der Waals surface area contributed by atoms with E-state index >= 15 is 0 Å². The lowest BCUT2D eigenvalue weighted by Gasteiger charge is -2.17. The van der Waals surface area contributed by atoms with Crippen molar-refractivity contribution in [3.8, 4) is 11.6 Å². The molecule has 26 heavy (non-hydrogen) atoms. The van der Waals surface area contributed by atoms with Crippen molar-refractivity contribution in [1.29, 1.82) is 0 Å². The molecule has 0 saturated heterocycles. The Balaban J connectivity index is 1.59. The summed E-state index contributed by atoms with van der Waals surface area (Å²) in [5.41, 5.74) is 0.831. The number of hydrogen-bond donors (Lipinski definition) is 1. The number of rotatable bonds is 6. The molecular weight excluding hydrogens is 336 g/mol. The van der Waals surface area contributed by atoms with Crippen LogP contribution in [0.25, 0.3) is 11.6 Å². The number of nitrogens with one attached hydrogen (secondary N) is 1. The SMILES string of the molecule is CC(C)(C)OCc1cc(-c2nc(CC(=O)Nc3ccccc3)no2)no1. The van der Waals surface area contributed by atoms with Crippen LogP contribution in [-0.2, 0) is 22.6 Å². The van der Waals surface area contributed by atoms with Crippen LogP contribution in [0.3, 0.4) is 0 Å². The quantitative estimate of drug-likeness (QED) is 0.723. The van der Waals surface area contributed by atoms with Crippen molar-refractivity contribution in [1.82, 2.24) is 15.3 Å². The summed E-state index contributed by atoms with van der Waals surface area (Å²) in [7, 11) is 0. The lowest BCUT2D eigenvalue weighted by atomic mass is 10.2. The van der Waals surface area contributed by atoms with Crippen molar-refractivity contribution < 1.29 is 18.6 Å². The summed E-state index contributed by atoms with van der Waals surface area (Å²) in [6.07, 6.45) is -0.00373. The number of benzene rings is 1. The fourth-order valence-corrected chi connectivity index (χ4v) is 2.07. The van der Waals surface area contributed by atoms with Gasteiger partial charge in [0.25, 0.3) is 5.89 Å². The van der Waals surface area contributed by atoms with Crippen LogP contribution in [0.15, 0.2) is 45.4 Å². The first-order valence-electron chi connectivity index (χ1n) is 8.16. The Hall–Kier alpha value is -3.00. The molecule has 1 amide bonds. The first-order chi connectivity index (χ1) is 12.4. The fraction of sp³-hybridized carbons (Fsp3) is 0.333. The first kappa shape index (κ1) is 17.8. The summed E-state index contributed by atoms with van der Waals surface area (Å²) in [5, 5.41) is 10.5. The van der Waals surface area contributed by atoms with Gasteiger partial charge in [-0.1, -0.05) is 28.5 Å². The fourth-order valence-electron chi connectivity index (χ4n) is 2.07. The predicted molar refractivity (Wildman–Crippen MR) is 93.1 cm³/mol. The normalized spacial score (nSPS) is 11.5. The summed E-state index contributed by atoms with van der Waals surface area (Å²) in [4.78, 5) is 16.2. The largest absolute Gasteiger partial charge is 0.368 e. The Morgan fingerprint density at radius 2 is 1.92 bits per heavy atom. The van der Waals surface area contributed by atoms with E-state index in [2.05, 4.69) is 20.6 Å². The highest BCUT2D eigenvalue weighted by atomic mass is 16.5. The predicted octanol–water partition coefficient (Wildman–Crippen LogP) is 3.22. The summed E-state index contributed by atoms with van der Waals surface area (Å²) >= 11 is 0. The molecule has 8 heteroatoms. The third kappa shape index (κ3) is 5.00. The van der Waals surface area contributed by atoms with Crippen molar-refractivity contribution in [3.05, 3.63) is 48.0 Å². The number of amides is 1. The molecule has 0 bridgehead atoms. The Kier molecular flexibility index (Phi) is 5.13. The average molecular weight is 356 g/mol. The molecule has 0 saturated carbocycles. The van der Waals surface area contributed by atoms with Gasteiger partial charge in [-0.25, -0.2) is 0 Å². The molecule has 1 aromatic carbocycles.